The van der Waals surface area contributed by atoms with Crippen molar-refractivity contribution in [3.05, 3.63) is 24.3 Å². The molecule has 3 fully saturated rings. The number of benzene rings is 1. The maximum Gasteiger partial charge on any atom is 0.243 e. The molecule has 2 atom stereocenters. The first kappa shape index (κ1) is 18.3. The molecule has 0 aromatic heterocycles. The number of likely N-dealkylation sites (tertiary alicyclic amines) is 1. The molecule has 2 aliphatic heterocycles. The molecule has 144 valence electrons. The second-order valence-corrected chi connectivity index (χ2v) is 10.1. The van der Waals surface area contributed by atoms with Crippen molar-refractivity contribution in [1.29, 1.82) is 0 Å². The molecule has 0 spiro atoms. The topological polar surface area (TPSA) is 49.9 Å². The Labute approximate surface area is 157 Å². The number of rotatable bonds is 5. The molecule has 5 nitrogen and oxygen atoms in total. The third kappa shape index (κ3) is 3.51. The average Bonchev–Trinajstić information content (AvgIpc) is 2.66. The fourth-order valence-corrected chi connectivity index (χ4v) is 6.53. The Hall–Kier alpha value is -1.11. The third-order valence-electron chi connectivity index (χ3n) is 6.49. The minimum Gasteiger partial charge on any atom is -0.497 e. The monoisotopic (exact) mass is 378 g/mol. The van der Waals surface area contributed by atoms with Crippen LogP contribution >= 0.6 is 0 Å². The lowest BCUT2D eigenvalue weighted by molar-refractivity contribution is -0.0369. The molecule has 2 saturated heterocycles. The molecule has 0 radical (unpaired) electrons. The van der Waals surface area contributed by atoms with Gasteiger partial charge in [-0.05, 0) is 37.3 Å². The lowest BCUT2D eigenvalue weighted by atomic mass is 9.81. The Morgan fingerprint density at radius 1 is 1.12 bits per heavy atom. The molecule has 1 aliphatic carbocycles. The van der Waals surface area contributed by atoms with Crippen LogP contribution in [0.2, 0.25) is 0 Å². The highest BCUT2D eigenvalue weighted by atomic mass is 32.2. The van der Waals surface area contributed by atoms with E-state index in [2.05, 4.69) is 4.90 Å². The van der Waals surface area contributed by atoms with E-state index in [1.165, 1.54) is 38.6 Å². The molecule has 4 rings (SSSR count). The molecule has 3 aliphatic rings. The van der Waals surface area contributed by atoms with Crippen molar-refractivity contribution in [3.63, 3.8) is 0 Å². The quantitative estimate of drug-likeness (QED) is 0.790. The highest BCUT2D eigenvalue weighted by molar-refractivity contribution is 7.89. The number of methoxy groups -OCH3 is 1. The van der Waals surface area contributed by atoms with Gasteiger partial charge in [0.2, 0.25) is 10.0 Å². The highest BCUT2D eigenvalue weighted by Crippen LogP contribution is 2.37. The van der Waals surface area contributed by atoms with E-state index < -0.39 is 10.0 Å². The Bertz CT molecular complexity index is 730. The fourth-order valence-electron chi connectivity index (χ4n) is 4.99. The van der Waals surface area contributed by atoms with Crippen molar-refractivity contribution in [2.24, 2.45) is 11.8 Å². The maximum atomic E-state index is 13.0. The van der Waals surface area contributed by atoms with Gasteiger partial charge in [0.05, 0.1) is 12.0 Å². The van der Waals surface area contributed by atoms with Crippen LogP contribution in [0.1, 0.15) is 38.5 Å². The Morgan fingerprint density at radius 2 is 1.92 bits per heavy atom. The van der Waals surface area contributed by atoms with Crippen molar-refractivity contribution in [3.8, 4) is 5.75 Å². The summed E-state index contributed by atoms with van der Waals surface area (Å²) in [6.07, 6.45) is 7.90. The van der Waals surface area contributed by atoms with Crippen LogP contribution in [0.25, 0.3) is 0 Å². The highest BCUT2D eigenvalue weighted by Gasteiger charge is 2.45. The van der Waals surface area contributed by atoms with E-state index in [1.807, 2.05) is 0 Å². The first-order valence-electron chi connectivity index (χ1n) is 9.96. The summed E-state index contributed by atoms with van der Waals surface area (Å²) < 4.78 is 32.8. The number of sulfonamides is 1. The summed E-state index contributed by atoms with van der Waals surface area (Å²) in [6.45, 7) is 3.57. The Balaban J connectivity index is 1.37. The van der Waals surface area contributed by atoms with Crippen molar-refractivity contribution in [2.45, 2.75) is 49.5 Å². The molecule has 0 bridgehead atoms. The second-order valence-electron chi connectivity index (χ2n) is 8.12. The van der Waals surface area contributed by atoms with E-state index in [0.717, 1.165) is 18.9 Å². The van der Waals surface area contributed by atoms with Gasteiger partial charge in [0.1, 0.15) is 5.75 Å². The van der Waals surface area contributed by atoms with Gasteiger partial charge in [-0.25, -0.2) is 8.42 Å². The Kier molecular flexibility index (Phi) is 5.26. The van der Waals surface area contributed by atoms with Gasteiger partial charge in [-0.2, -0.15) is 4.31 Å². The molecule has 0 N–H and O–H groups in total. The summed E-state index contributed by atoms with van der Waals surface area (Å²) in [6, 6.07) is 7.40. The third-order valence-corrected chi connectivity index (χ3v) is 8.35. The Morgan fingerprint density at radius 3 is 2.65 bits per heavy atom. The van der Waals surface area contributed by atoms with E-state index >= 15 is 0 Å². The summed E-state index contributed by atoms with van der Waals surface area (Å²) in [5, 5.41) is 0. The first-order chi connectivity index (χ1) is 12.6. The van der Waals surface area contributed by atoms with E-state index in [4.69, 9.17) is 4.74 Å². The number of hydrogen-bond acceptors (Lipinski definition) is 4. The number of nitrogens with zero attached hydrogens (tertiary/aromatic N) is 2. The predicted molar refractivity (Wildman–Crippen MR) is 102 cm³/mol. The van der Waals surface area contributed by atoms with Gasteiger partial charge < -0.3 is 4.74 Å². The molecule has 1 aromatic carbocycles. The van der Waals surface area contributed by atoms with Crippen LogP contribution < -0.4 is 4.74 Å². The number of piperidine rings is 1. The normalized spacial score (nSPS) is 28.3. The smallest absolute Gasteiger partial charge is 0.243 e. The summed E-state index contributed by atoms with van der Waals surface area (Å²) >= 11 is 0. The zero-order valence-electron chi connectivity index (χ0n) is 15.6. The van der Waals surface area contributed by atoms with Gasteiger partial charge in [0.15, 0.2) is 0 Å². The lowest BCUT2D eigenvalue weighted by Gasteiger charge is -2.54. The fraction of sp³-hybridized carbons (Fsp3) is 0.700. The molecule has 1 saturated carbocycles. The first-order valence-corrected chi connectivity index (χ1v) is 11.4. The zero-order chi connectivity index (χ0) is 18.1. The molecule has 1 aromatic rings. The van der Waals surface area contributed by atoms with Gasteiger partial charge in [-0.1, -0.05) is 25.3 Å². The summed E-state index contributed by atoms with van der Waals surface area (Å²) in [5.74, 6) is 1.94. The number of fused-ring (bicyclic) bond motifs is 1. The molecule has 2 heterocycles. The molecule has 0 amide bonds. The molecule has 26 heavy (non-hydrogen) atoms. The van der Waals surface area contributed by atoms with Gasteiger partial charge in [-0.15, -0.1) is 0 Å². The van der Waals surface area contributed by atoms with Crippen molar-refractivity contribution >= 4 is 10.0 Å². The van der Waals surface area contributed by atoms with Crippen molar-refractivity contribution < 1.29 is 13.2 Å². The summed E-state index contributed by atoms with van der Waals surface area (Å²) in [7, 11) is -1.86. The minimum absolute atomic E-state index is 0.341. The maximum absolute atomic E-state index is 13.0. The minimum atomic E-state index is -3.43. The summed E-state index contributed by atoms with van der Waals surface area (Å²) in [4.78, 5) is 2.96. The molecule has 0 unspecified atom stereocenters. The summed E-state index contributed by atoms with van der Waals surface area (Å²) in [5.41, 5.74) is 0. The van der Waals surface area contributed by atoms with Crippen molar-refractivity contribution in [2.75, 3.05) is 33.3 Å². The average molecular weight is 379 g/mol. The van der Waals surface area contributed by atoms with Crippen molar-refractivity contribution in [1.82, 2.24) is 9.21 Å². The lowest BCUT2D eigenvalue weighted by Crippen LogP contribution is -2.64. The standard InChI is InChI=1S/C20H30N2O3S/c1-25-18-8-5-9-19(12-18)26(23,24)22-11-10-20-17(15-22)14-21(20)13-16-6-3-2-4-7-16/h5,8-9,12,16-17,20H,2-4,6-7,10-11,13-15H2,1H3/t17-,20+/m0/s1. The molecular weight excluding hydrogens is 348 g/mol. The van der Waals surface area contributed by atoms with Crippen LogP contribution in [-0.4, -0.2) is 57.0 Å². The van der Waals surface area contributed by atoms with Crippen LogP contribution in [0, 0.1) is 11.8 Å². The predicted octanol–water partition coefficient (Wildman–Crippen LogP) is 2.97. The van der Waals surface area contributed by atoms with Crippen LogP contribution in [0.3, 0.4) is 0 Å². The van der Waals surface area contributed by atoms with Crippen LogP contribution in [0.15, 0.2) is 29.2 Å². The van der Waals surface area contributed by atoms with Crippen LogP contribution in [-0.2, 0) is 10.0 Å². The van der Waals surface area contributed by atoms with Gasteiger partial charge in [-0.3, -0.25) is 4.90 Å². The van der Waals surface area contributed by atoms with Crippen LogP contribution in [0.4, 0.5) is 0 Å². The van der Waals surface area contributed by atoms with Crippen LogP contribution in [0.5, 0.6) is 5.75 Å². The molecule has 6 heteroatoms. The van der Waals surface area contributed by atoms with E-state index in [9.17, 15) is 8.42 Å². The zero-order valence-corrected chi connectivity index (χ0v) is 16.5. The number of hydrogen-bond donors (Lipinski definition) is 0. The van der Waals surface area contributed by atoms with E-state index in [-0.39, 0.29) is 0 Å². The van der Waals surface area contributed by atoms with E-state index in [0.29, 0.717) is 35.7 Å². The second kappa shape index (κ2) is 7.49. The largest absolute Gasteiger partial charge is 0.497 e. The van der Waals surface area contributed by atoms with Gasteiger partial charge >= 0.3 is 0 Å². The SMILES string of the molecule is COc1cccc(S(=O)(=O)N2CC[C@@H]3[C@@H](CN3CC3CCCCC3)C2)c1. The van der Waals surface area contributed by atoms with Gasteiger partial charge in [0, 0.05) is 44.2 Å². The molecular formula is C20H30N2O3S. The van der Waals surface area contributed by atoms with Gasteiger partial charge in [0.25, 0.3) is 0 Å². The number of ether oxygens (including phenoxy) is 1. The van der Waals surface area contributed by atoms with E-state index in [1.54, 1.807) is 35.7 Å².